The molecule has 1 amide bonds. The number of amides is 1. The smallest absolute Gasteiger partial charge is 0.380 e. The van der Waals surface area contributed by atoms with Gasteiger partial charge >= 0.3 is 6.18 Å². The lowest BCUT2D eigenvalue weighted by atomic mass is 10.1. The SMILES string of the molecule is O=C(Cc1nc2c(C(F)(F)F)cccc2[nH]1)NC1CN(C2CCOC2)C[C@@H]1OC1CCc2ccncc21. The summed E-state index contributed by atoms with van der Waals surface area (Å²) in [5, 5.41) is 3.07. The van der Waals surface area contributed by atoms with E-state index in [0.29, 0.717) is 19.7 Å². The number of halogens is 3. The van der Waals surface area contributed by atoms with Crippen molar-refractivity contribution in [1.82, 2.24) is 25.2 Å². The number of carbonyl (C=O) groups is 1. The number of imidazole rings is 1. The Morgan fingerprint density at radius 1 is 1.24 bits per heavy atom. The number of aromatic nitrogens is 3. The number of hydrogen-bond donors (Lipinski definition) is 2. The molecule has 196 valence electrons. The fourth-order valence-electron chi connectivity index (χ4n) is 5.74. The Morgan fingerprint density at radius 2 is 2.14 bits per heavy atom. The molecular weight excluding hydrogens is 487 g/mol. The number of pyridine rings is 1. The molecule has 37 heavy (non-hydrogen) atoms. The van der Waals surface area contributed by atoms with Gasteiger partial charge in [0.1, 0.15) is 11.3 Å². The zero-order valence-electron chi connectivity index (χ0n) is 20.1. The van der Waals surface area contributed by atoms with Gasteiger partial charge in [-0.15, -0.1) is 0 Å². The fourth-order valence-corrected chi connectivity index (χ4v) is 5.74. The summed E-state index contributed by atoms with van der Waals surface area (Å²) in [5.74, 6) is -0.124. The molecule has 4 atom stereocenters. The van der Waals surface area contributed by atoms with Crippen LogP contribution in [0.5, 0.6) is 0 Å². The third-order valence-electron chi connectivity index (χ3n) is 7.57. The highest BCUT2D eigenvalue weighted by Gasteiger charge is 2.41. The Balaban J connectivity index is 1.17. The van der Waals surface area contributed by atoms with Crippen molar-refractivity contribution in [1.29, 1.82) is 0 Å². The van der Waals surface area contributed by atoms with Crippen LogP contribution in [0.1, 0.15) is 41.5 Å². The maximum atomic E-state index is 13.4. The van der Waals surface area contributed by atoms with Gasteiger partial charge in [0.25, 0.3) is 0 Å². The van der Waals surface area contributed by atoms with Crippen molar-refractivity contribution in [2.45, 2.75) is 56.2 Å². The molecular formula is C26H28F3N5O3. The molecule has 0 spiro atoms. The molecule has 2 aromatic heterocycles. The lowest BCUT2D eigenvalue weighted by Crippen LogP contribution is -2.45. The van der Waals surface area contributed by atoms with E-state index in [1.165, 1.54) is 17.7 Å². The van der Waals surface area contributed by atoms with Gasteiger partial charge in [0.2, 0.25) is 5.91 Å². The van der Waals surface area contributed by atoms with Crippen LogP contribution >= 0.6 is 0 Å². The van der Waals surface area contributed by atoms with E-state index in [0.717, 1.165) is 37.5 Å². The summed E-state index contributed by atoms with van der Waals surface area (Å²) in [6.45, 7) is 2.67. The minimum absolute atomic E-state index is 0.0796. The number of rotatable bonds is 6. The zero-order chi connectivity index (χ0) is 25.6. The molecule has 4 heterocycles. The number of aryl methyl sites for hydroxylation is 1. The van der Waals surface area contributed by atoms with Crippen molar-refractivity contribution in [3.63, 3.8) is 0 Å². The van der Waals surface area contributed by atoms with E-state index in [1.54, 1.807) is 6.20 Å². The summed E-state index contributed by atoms with van der Waals surface area (Å²) in [7, 11) is 0. The molecule has 3 aromatic rings. The number of carbonyl (C=O) groups excluding carboxylic acids is 1. The topological polar surface area (TPSA) is 92.4 Å². The van der Waals surface area contributed by atoms with E-state index < -0.39 is 11.7 Å². The minimum Gasteiger partial charge on any atom is -0.380 e. The summed E-state index contributed by atoms with van der Waals surface area (Å²) < 4.78 is 52.2. The largest absolute Gasteiger partial charge is 0.418 e. The first kappa shape index (κ1) is 24.3. The van der Waals surface area contributed by atoms with Gasteiger partial charge in [0, 0.05) is 43.7 Å². The average molecular weight is 516 g/mol. The summed E-state index contributed by atoms with van der Waals surface area (Å²) in [6.07, 6.45) is 1.39. The van der Waals surface area contributed by atoms with Crippen molar-refractivity contribution >= 4 is 16.9 Å². The monoisotopic (exact) mass is 515 g/mol. The maximum Gasteiger partial charge on any atom is 0.418 e. The highest BCUT2D eigenvalue weighted by Crippen LogP contribution is 2.36. The molecule has 3 unspecified atom stereocenters. The summed E-state index contributed by atoms with van der Waals surface area (Å²) >= 11 is 0. The van der Waals surface area contributed by atoms with Gasteiger partial charge in [0.05, 0.1) is 42.4 Å². The first-order valence-electron chi connectivity index (χ1n) is 12.6. The molecule has 0 saturated carbocycles. The standard InChI is InChI=1S/C26H28F3N5O3/c27-26(28,29)18-2-1-3-19-25(18)33-23(31-19)10-24(35)32-20-12-34(16-7-9-36-14-16)13-22(20)37-21-5-4-15-6-8-30-11-17(15)21/h1-3,6,8,11,16,20-22H,4-5,7,9-10,12-14H2,(H,31,33)(H,32,35)/t16?,20?,21?,22-/m0/s1. The number of likely N-dealkylation sites (tertiary alicyclic amines) is 1. The van der Waals surface area contributed by atoms with Gasteiger partial charge in [-0.25, -0.2) is 4.98 Å². The zero-order valence-corrected chi connectivity index (χ0v) is 20.1. The van der Waals surface area contributed by atoms with E-state index in [1.807, 2.05) is 12.3 Å². The number of nitrogens with one attached hydrogen (secondary N) is 2. The number of ether oxygens (including phenoxy) is 2. The summed E-state index contributed by atoms with van der Waals surface area (Å²) in [5.41, 5.74) is 1.58. The number of hydrogen-bond acceptors (Lipinski definition) is 6. The molecule has 6 rings (SSSR count). The molecule has 2 N–H and O–H groups in total. The van der Waals surface area contributed by atoms with Crippen LogP contribution in [0.4, 0.5) is 13.2 Å². The van der Waals surface area contributed by atoms with Crippen LogP contribution in [0, 0.1) is 0 Å². The number of fused-ring (bicyclic) bond motifs is 2. The van der Waals surface area contributed by atoms with E-state index in [2.05, 4.69) is 25.2 Å². The van der Waals surface area contributed by atoms with Crippen LogP contribution < -0.4 is 5.32 Å². The highest BCUT2D eigenvalue weighted by molar-refractivity contribution is 5.82. The Morgan fingerprint density at radius 3 is 2.95 bits per heavy atom. The average Bonchev–Trinajstić information content (AvgIpc) is 3.65. The Labute approximate surface area is 211 Å². The van der Waals surface area contributed by atoms with Crippen LogP contribution in [-0.2, 0) is 33.3 Å². The predicted octanol–water partition coefficient (Wildman–Crippen LogP) is 3.18. The van der Waals surface area contributed by atoms with Gasteiger partial charge in [0.15, 0.2) is 0 Å². The number of para-hydroxylation sites is 1. The van der Waals surface area contributed by atoms with E-state index >= 15 is 0 Å². The number of nitrogens with zero attached hydrogens (tertiary/aromatic N) is 3. The molecule has 2 fully saturated rings. The molecule has 1 aromatic carbocycles. The number of H-pyrrole nitrogens is 1. The molecule has 3 aliphatic rings. The van der Waals surface area contributed by atoms with Gasteiger partial charge < -0.3 is 19.8 Å². The Hall–Kier alpha value is -3.02. The van der Waals surface area contributed by atoms with Crippen LogP contribution in [0.2, 0.25) is 0 Å². The highest BCUT2D eigenvalue weighted by atomic mass is 19.4. The molecule has 8 nitrogen and oxygen atoms in total. The minimum atomic E-state index is -4.52. The fraction of sp³-hybridized carbons (Fsp3) is 0.500. The van der Waals surface area contributed by atoms with Gasteiger partial charge in [-0.1, -0.05) is 6.07 Å². The van der Waals surface area contributed by atoms with Crippen molar-refractivity contribution < 1.29 is 27.4 Å². The first-order valence-corrected chi connectivity index (χ1v) is 12.6. The van der Waals surface area contributed by atoms with Gasteiger partial charge in [-0.05, 0) is 43.0 Å². The molecule has 11 heteroatoms. The van der Waals surface area contributed by atoms with Crippen LogP contribution in [0.15, 0.2) is 36.7 Å². The van der Waals surface area contributed by atoms with Gasteiger partial charge in [-0.3, -0.25) is 14.7 Å². The Bertz CT molecular complexity index is 1290. The van der Waals surface area contributed by atoms with Gasteiger partial charge in [-0.2, -0.15) is 13.2 Å². The third kappa shape index (κ3) is 4.95. The summed E-state index contributed by atoms with van der Waals surface area (Å²) in [4.78, 5) is 26.6. The molecule has 1 aliphatic carbocycles. The maximum absolute atomic E-state index is 13.4. The second-order valence-electron chi connectivity index (χ2n) is 9.98. The molecule has 2 saturated heterocycles. The second kappa shape index (κ2) is 9.70. The molecule has 0 bridgehead atoms. The van der Waals surface area contributed by atoms with Crippen molar-refractivity contribution in [3.8, 4) is 0 Å². The van der Waals surface area contributed by atoms with Crippen molar-refractivity contribution in [2.75, 3.05) is 26.3 Å². The predicted molar refractivity (Wildman–Crippen MR) is 128 cm³/mol. The third-order valence-corrected chi connectivity index (χ3v) is 7.57. The van der Waals surface area contributed by atoms with E-state index in [-0.39, 0.29) is 53.5 Å². The van der Waals surface area contributed by atoms with Crippen molar-refractivity contribution in [2.24, 2.45) is 0 Å². The lowest BCUT2D eigenvalue weighted by Gasteiger charge is -2.24. The van der Waals surface area contributed by atoms with Crippen molar-refractivity contribution in [3.05, 3.63) is 59.2 Å². The van der Waals surface area contributed by atoms with E-state index in [9.17, 15) is 18.0 Å². The quantitative estimate of drug-likeness (QED) is 0.524. The summed E-state index contributed by atoms with van der Waals surface area (Å²) in [6, 6.07) is 5.88. The Kier molecular flexibility index (Phi) is 6.37. The first-order chi connectivity index (χ1) is 17.8. The molecule has 0 radical (unpaired) electrons. The van der Waals surface area contributed by atoms with Crippen LogP contribution in [-0.4, -0.2) is 70.2 Å². The second-order valence-corrected chi connectivity index (χ2v) is 9.98. The normalized spacial score (nSPS) is 26.1. The number of benzene rings is 1. The number of alkyl halides is 3. The van der Waals surface area contributed by atoms with Crippen LogP contribution in [0.25, 0.3) is 11.0 Å². The lowest BCUT2D eigenvalue weighted by molar-refractivity contribution is -0.136. The molecule has 2 aliphatic heterocycles. The van der Waals surface area contributed by atoms with E-state index in [4.69, 9.17) is 9.47 Å². The van der Waals surface area contributed by atoms with Crippen LogP contribution in [0.3, 0.4) is 0 Å². The number of aromatic amines is 1.